The molecule has 0 radical (unpaired) electrons. The number of carbonyl (C=O) groups is 2. The van der Waals surface area contributed by atoms with Gasteiger partial charge in [-0.3, -0.25) is 4.79 Å². The molecule has 0 atom stereocenters. The minimum Gasteiger partial charge on any atom is -0.478 e. The zero-order valence-corrected chi connectivity index (χ0v) is 10.7. The van der Waals surface area contributed by atoms with Crippen LogP contribution >= 0.6 is 0 Å². The van der Waals surface area contributed by atoms with E-state index in [-0.39, 0.29) is 11.5 Å². The second kappa shape index (κ2) is 4.84. The highest BCUT2D eigenvalue weighted by Gasteiger charge is 2.33. The van der Waals surface area contributed by atoms with Crippen LogP contribution in [0.25, 0.3) is 5.57 Å². The van der Waals surface area contributed by atoms with Gasteiger partial charge in [0.1, 0.15) is 5.82 Å². The number of hydrogen-bond donors (Lipinski definition) is 1. The summed E-state index contributed by atoms with van der Waals surface area (Å²) >= 11 is 0. The molecule has 1 aromatic rings. The molecular formula is C14H14FNO3. The van der Waals surface area contributed by atoms with Gasteiger partial charge in [-0.2, -0.15) is 0 Å². The number of nitrogens with zero attached hydrogens (tertiary/aromatic N) is 1. The number of benzene rings is 1. The number of carboxylic acid groups (broad SMARTS) is 1. The third-order valence-corrected chi connectivity index (χ3v) is 2.83. The molecule has 1 aliphatic heterocycles. The van der Waals surface area contributed by atoms with E-state index >= 15 is 0 Å². The first-order chi connectivity index (χ1) is 8.90. The summed E-state index contributed by atoms with van der Waals surface area (Å²) in [6.45, 7) is 4.37. The average Bonchev–Trinajstić information content (AvgIpc) is 2.53. The van der Waals surface area contributed by atoms with Crippen LogP contribution in [0.1, 0.15) is 19.4 Å². The second-order valence-corrected chi connectivity index (χ2v) is 4.87. The van der Waals surface area contributed by atoms with E-state index in [4.69, 9.17) is 5.11 Å². The van der Waals surface area contributed by atoms with Gasteiger partial charge >= 0.3 is 5.97 Å². The molecule has 1 amide bonds. The quantitative estimate of drug-likeness (QED) is 0.851. The number of amides is 1. The van der Waals surface area contributed by atoms with E-state index in [9.17, 15) is 14.0 Å². The summed E-state index contributed by atoms with van der Waals surface area (Å²) in [4.78, 5) is 24.5. The number of halogens is 1. The molecule has 1 aromatic carbocycles. The first kappa shape index (κ1) is 13.3. The van der Waals surface area contributed by atoms with Crippen molar-refractivity contribution in [2.24, 2.45) is 5.92 Å². The van der Waals surface area contributed by atoms with Crippen molar-refractivity contribution in [1.82, 2.24) is 0 Å². The molecule has 0 saturated carbocycles. The van der Waals surface area contributed by atoms with Crippen molar-refractivity contribution in [2.75, 3.05) is 11.4 Å². The monoisotopic (exact) mass is 263 g/mol. The van der Waals surface area contributed by atoms with Crippen LogP contribution in [-0.2, 0) is 9.59 Å². The van der Waals surface area contributed by atoms with E-state index in [1.165, 1.54) is 23.1 Å². The fourth-order valence-corrected chi connectivity index (χ4v) is 2.14. The van der Waals surface area contributed by atoms with Gasteiger partial charge < -0.3 is 10.0 Å². The number of aliphatic carboxylic acids is 1. The molecule has 2 rings (SSSR count). The lowest BCUT2D eigenvalue weighted by Gasteiger charge is -2.19. The SMILES string of the molecule is CC(C)CN1C(=O)/C(=C/C(=O)O)c2cc(F)ccc21. The van der Waals surface area contributed by atoms with Crippen LogP contribution in [0.5, 0.6) is 0 Å². The maximum absolute atomic E-state index is 13.3. The van der Waals surface area contributed by atoms with Gasteiger partial charge in [0.15, 0.2) is 0 Å². The molecule has 1 N–H and O–H groups in total. The number of anilines is 1. The molecule has 0 spiro atoms. The zero-order chi connectivity index (χ0) is 14.2. The molecule has 0 aromatic heterocycles. The van der Waals surface area contributed by atoms with Crippen molar-refractivity contribution < 1.29 is 19.1 Å². The van der Waals surface area contributed by atoms with Gasteiger partial charge in [0, 0.05) is 18.2 Å². The van der Waals surface area contributed by atoms with Crippen molar-refractivity contribution in [1.29, 1.82) is 0 Å². The van der Waals surface area contributed by atoms with Gasteiger partial charge in [0.25, 0.3) is 5.91 Å². The Labute approximate surface area is 110 Å². The first-order valence-corrected chi connectivity index (χ1v) is 5.96. The lowest BCUT2D eigenvalue weighted by molar-refractivity contribution is -0.131. The number of fused-ring (bicyclic) bond motifs is 1. The molecule has 0 fully saturated rings. The molecular weight excluding hydrogens is 249 g/mol. The van der Waals surface area contributed by atoms with Crippen molar-refractivity contribution in [3.63, 3.8) is 0 Å². The number of rotatable bonds is 3. The fraction of sp³-hybridized carbons (Fsp3) is 0.286. The van der Waals surface area contributed by atoms with E-state index in [1.807, 2.05) is 13.8 Å². The third-order valence-electron chi connectivity index (χ3n) is 2.83. The summed E-state index contributed by atoms with van der Waals surface area (Å²) in [5, 5.41) is 8.81. The van der Waals surface area contributed by atoms with Crippen LogP contribution in [0.2, 0.25) is 0 Å². The summed E-state index contributed by atoms with van der Waals surface area (Å²) in [5.41, 5.74) is 0.934. The smallest absolute Gasteiger partial charge is 0.329 e. The Kier molecular flexibility index (Phi) is 3.38. The van der Waals surface area contributed by atoms with Gasteiger partial charge in [-0.15, -0.1) is 0 Å². The molecule has 0 bridgehead atoms. The minimum atomic E-state index is -1.22. The van der Waals surface area contributed by atoms with Crippen LogP contribution in [0.4, 0.5) is 10.1 Å². The predicted molar refractivity (Wildman–Crippen MR) is 69.2 cm³/mol. The molecule has 1 aliphatic rings. The van der Waals surface area contributed by atoms with Gasteiger partial charge in [-0.05, 0) is 24.1 Å². The van der Waals surface area contributed by atoms with Gasteiger partial charge in [-0.1, -0.05) is 13.8 Å². The van der Waals surface area contributed by atoms with Crippen molar-refractivity contribution >= 4 is 23.1 Å². The van der Waals surface area contributed by atoms with Crippen LogP contribution < -0.4 is 4.90 Å². The Morgan fingerprint density at radius 3 is 2.74 bits per heavy atom. The van der Waals surface area contributed by atoms with Crippen molar-refractivity contribution in [3.05, 3.63) is 35.7 Å². The normalized spacial score (nSPS) is 16.3. The molecule has 100 valence electrons. The van der Waals surface area contributed by atoms with Crippen molar-refractivity contribution in [3.8, 4) is 0 Å². The molecule has 0 saturated heterocycles. The molecule has 0 aliphatic carbocycles. The van der Waals surface area contributed by atoms with Crippen LogP contribution in [0.15, 0.2) is 24.3 Å². The summed E-state index contributed by atoms with van der Waals surface area (Å²) in [6, 6.07) is 3.97. The first-order valence-electron chi connectivity index (χ1n) is 5.96. The standard InChI is InChI=1S/C14H14FNO3/c1-8(2)7-16-12-4-3-9(15)5-10(12)11(14(16)19)6-13(17)18/h3-6,8H,7H2,1-2H3,(H,17,18)/b11-6+. The van der Waals surface area contributed by atoms with E-state index in [0.29, 0.717) is 17.8 Å². The topological polar surface area (TPSA) is 57.6 Å². The van der Waals surface area contributed by atoms with Gasteiger partial charge in [0.2, 0.25) is 0 Å². The van der Waals surface area contributed by atoms with E-state index in [2.05, 4.69) is 0 Å². The van der Waals surface area contributed by atoms with Crippen LogP contribution in [0, 0.1) is 11.7 Å². The lowest BCUT2D eigenvalue weighted by Crippen LogP contribution is -2.30. The molecule has 5 heteroatoms. The number of carboxylic acids is 1. The average molecular weight is 263 g/mol. The highest BCUT2D eigenvalue weighted by Crippen LogP contribution is 2.37. The number of hydrogen-bond acceptors (Lipinski definition) is 2. The Hall–Kier alpha value is -2.17. The van der Waals surface area contributed by atoms with E-state index < -0.39 is 17.7 Å². The predicted octanol–water partition coefficient (Wildman–Crippen LogP) is 2.30. The summed E-state index contributed by atoms with van der Waals surface area (Å²) < 4.78 is 13.3. The molecule has 0 unspecified atom stereocenters. The van der Waals surface area contributed by atoms with Crippen LogP contribution in [0.3, 0.4) is 0 Å². The maximum Gasteiger partial charge on any atom is 0.329 e. The summed E-state index contributed by atoms with van der Waals surface area (Å²) in [7, 11) is 0. The molecule has 4 nitrogen and oxygen atoms in total. The molecule has 1 heterocycles. The summed E-state index contributed by atoms with van der Waals surface area (Å²) in [5.74, 6) is -1.87. The van der Waals surface area contributed by atoms with Crippen LogP contribution in [-0.4, -0.2) is 23.5 Å². The molecule has 19 heavy (non-hydrogen) atoms. The zero-order valence-electron chi connectivity index (χ0n) is 10.7. The Morgan fingerprint density at radius 2 is 2.16 bits per heavy atom. The van der Waals surface area contributed by atoms with E-state index in [1.54, 1.807) is 0 Å². The lowest BCUT2D eigenvalue weighted by atomic mass is 10.1. The Bertz CT molecular complexity index is 578. The maximum atomic E-state index is 13.3. The van der Waals surface area contributed by atoms with Gasteiger partial charge in [-0.25, -0.2) is 9.18 Å². The van der Waals surface area contributed by atoms with Crippen molar-refractivity contribution in [2.45, 2.75) is 13.8 Å². The summed E-state index contributed by atoms with van der Waals surface area (Å²) in [6.07, 6.45) is 0.834. The fourth-order valence-electron chi connectivity index (χ4n) is 2.14. The Balaban J connectivity index is 2.55. The van der Waals surface area contributed by atoms with E-state index in [0.717, 1.165) is 6.08 Å². The highest BCUT2D eigenvalue weighted by molar-refractivity contribution is 6.34. The third kappa shape index (κ3) is 2.50. The highest BCUT2D eigenvalue weighted by atomic mass is 19.1. The minimum absolute atomic E-state index is 0.0302. The largest absolute Gasteiger partial charge is 0.478 e. The number of carbonyl (C=O) groups excluding carboxylic acids is 1. The Morgan fingerprint density at radius 1 is 1.47 bits per heavy atom. The van der Waals surface area contributed by atoms with Gasteiger partial charge in [0.05, 0.1) is 11.3 Å². The second-order valence-electron chi connectivity index (χ2n) is 4.87.